The summed E-state index contributed by atoms with van der Waals surface area (Å²) in [4.78, 5) is 1.30. The lowest BCUT2D eigenvalue weighted by Crippen LogP contribution is -2.03. The maximum absolute atomic E-state index is 4.35. The van der Waals surface area contributed by atoms with Gasteiger partial charge >= 0.3 is 0 Å². The van der Waals surface area contributed by atoms with Crippen LogP contribution in [-0.2, 0) is 13.1 Å². The first-order valence-corrected chi connectivity index (χ1v) is 6.47. The summed E-state index contributed by atoms with van der Waals surface area (Å²) < 4.78 is 2.08. The molecule has 0 aliphatic carbocycles. The number of hydrogen-bond acceptors (Lipinski definition) is 3. The topological polar surface area (TPSA) is 29.9 Å². The standard InChI is InChI=1S/C12H17N3S/c1-3-6-15-11(4-5-14-15)12-7-10(8-13-2)9-16-12/h4-5,7,9,13H,3,6,8H2,1-2H3. The zero-order valence-electron chi connectivity index (χ0n) is 9.73. The van der Waals surface area contributed by atoms with Crippen molar-refractivity contribution in [3.63, 3.8) is 0 Å². The second kappa shape index (κ2) is 5.27. The molecule has 3 nitrogen and oxygen atoms in total. The number of hydrogen-bond donors (Lipinski definition) is 1. The highest BCUT2D eigenvalue weighted by Gasteiger charge is 2.07. The molecule has 0 atom stereocenters. The number of rotatable bonds is 5. The molecule has 86 valence electrons. The van der Waals surface area contributed by atoms with Crippen LogP contribution in [0.4, 0.5) is 0 Å². The van der Waals surface area contributed by atoms with E-state index in [9.17, 15) is 0 Å². The maximum Gasteiger partial charge on any atom is 0.0782 e. The molecule has 0 saturated carbocycles. The third-order valence-electron chi connectivity index (χ3n) is 2.44. The van der Waals surface area contributed by atoms with Crippen molar-refractivity contribution in [1.82, 2.24) is 15.1 Å². The van der Waals surface area contributed by atoms with E-state index in [1.54, 1.807) is 11.3 Å². The predicted molar refractivity (Wildman–Crippen MR) is 68.6 cm³/mol. The Kier molecular flexibility index (Phi) is 3.74. The predicted octanol–water partition coefficient (Wildman–Crippen LogP) is 2.74. The minimum absolute atomic E-state index is 0.929. The Bertz CT molecular complexity index is 445. The van der Waals surface area contributed by atoms with Gasteiger partial charge in [0.1, 0.15) is 0 Å². The molecule has 0 spiro atoms. The maximum atomic E-state index is 4.35. The Balaban J connectivity index is 2.24. The van der Waals surface area contributed by atoms with Gasteiger partial charge in [-0.05, 0) is 36.5 Å². The third kappa shape index (κ3) is 2.33. The molecule has 0 fully saturated rings. The van der Waals surface area contributed by atoms with E-state index in [0.29, 0.717) is 0 Å². The summed E-state index contributed by atoms with van der Waals surface area (Å²) in [6.45, 7) is 4.09. The van der Waals surface area contributed by atoms with Gasteiger partial charge < -0.3 is 5.32 Å². The van der Waals surface area contributed by atoms with E-state index in [1.807, 2.05) is 13.2 Å². The summed E-state index contributed by atoms with van der Waals surface area (Å²) in [5.74, 6) is 0. The molecular formula is C12H17N3S. The van der Waals surface area contributed by atoms with Crippen molar-refractivity contribution in [1.29, 1.82) is 0 Å². The van der Waals surface area contributed by atoms with Gasteiger partial charge in [-0.25, -0.2) is 0 Å². The summed E-state index contributed by atoms with van der Waals surface area (Å²) >= 11 is 1.79. The molecule has 0 unspecified atom stereocenters. The van der Waals surface area contributed by atoms with Crippen molar-refractivity contribution < 1.29 is 0 Å². The Hall–Kier alpha value is -1.13. The monoisotopic (exact) mass is 235 g/mol. The van der Waals surface area contributed by atoms with Gasteiger partial charge in [-0.3, -0.25) is 4.68 Å². The van der Waals surface area contributed by atoms with Crippen LogP contribution in [0.2, 0.25) is 0 Å². The molecular weight excluding hydrogens is 218 g/mol. The van der Waals surface area contributed by atoms with Crippen molar-refractivity contribution >= 4 is 11.3 Å². The molecule has 0 bridgehead atoms. The van der Waals surface area contributed by atoms with Gasteiger partial charge in [0.05, 0.1) is 10.6 Å². The second-order valence-electron chi connectivity index (χ2n) is 3.79. The highest BCUT2D eigenvalue weighted by atomic mass is 32.1. The fourth-order valence-corrected chi connectivity index (χ4v) is 2.68. The first-order chi connectivity index (χ1) is 7.85. The number of thiophene rings is 1. The Labute approximate surface area is 100 Å². The SMILES string of the molecule is CCCn1nccc1-c1cc(CNC)cs1. The molecule has 0 radical (unpaired) electrons. The van der Waals surface area contributed by atoms with E-state index in [-0.39, 0.29) is 0 Å². The molecule has 0 saturated heterocycles. The van der Waals surface area contributed by atoms with Crippen LogP contribution in [0, 0.1) is 0 Å². The lowest BCUT2D eigenvalue weighted by molar-refractivity contribution is 0.609. The fraction of sp³-hybridized carbons (Fsp3) is 0.417. The molecule has 2 aromatic heterocycles. The first-order valence-electron chi connectivity index (χ1n) is 5.59. The average molecular weight is 235 g/mol. The lowest BCUT2D eigenvalue weighted by Gasteiger charge is -2.03. The molecule has 2 aromatic rings. The van der Waals surface area contributed by atoms with Crippen molar-refractivity contribution in [2.45, 2.75) is 26.4 Å². The number of aryl methyl sites for hydroxylation is 1. The molecule has 0 amide bonds. The summed E-state index contributed by atoms with van der Waals surface area (Å²) in [5.41, 5.74) is 2.57. The number of nitrogens with one attached hydrogen (secondary N) is 1. The Morgan fingerprint density at radius 2 is 2.38 bits per heavy atom. The van der Waals surface area contributed by atoms with Crippen molar-refractivity contribution in [2.24, 2.45) is 0 Å². The van der Waals surface area contributed by atoms with Gasteiger partial charge in [0.25, 0.3) is 0 Å². The van der Waals surface area contributed by atoms with Crippen molar-refractivity contribution in [3.8, 4) is 10.6 Å². The van der Waals surface area contributed by atoms with Gasteiger partial charge in [-0.1, -0.05) is 6.92 Å². The van der Waals surface area contributed by atoms with Gasteiger partial charge in [0.2, 0.25) is 0 Å². The summed E-state index contributed by atoms with van der Waals surface area (Å²) in [6.07, 6.45) is 2.99. The van der Waals surface area contributed by atoms with Crippen molar-refractivity contribution in [2.75, 3.05) is 7.05 Å². The third-order valence-corrected chi connectivity index (χ3v) is 3.44. The van der Waals surface area contributed by atoms with Crippen LogP contribution in [0.3, 0.4) is 0 Å². The fourth-order valence-electron chi connectivity index (χ4n) is 1.74. The number of aromatic nitrogens is 2. The normalized spacial score (nSPS) is 10.9. The van der Waals surface area contributed by atoms with Gasteiger partial charge in [-0.15, -0.1) is 11.3 Å². The molecule has 2 rings (SSSR count). The smallest absolute Gasteiger partial charge is 0.0782 e. The summed E-state index contributed by atoms with van der Waals surface area (Å²) in [6, 6.07) is 4.33. The summed E-state index contributed by atoms with van der Waals surface area (Å²) in [7, 11) is 1.97. The van der Waals surface area contributed by atoms with Crippen LogP contribution in [0.15, 0.2) is 23.7 Å². The van der Waals surface area contributed by atoms with E-state index < -0.39 is 0 Å². The van der Waals surface area contributed by atoms with E-state index >= 15 is 0 Å². The molecule has 16 heavy (non-hydrogen) atoms. The average Bonchev–Trinajstić information content (AvgIpc) is 2.87. The van der Waals surface area contributed by atoms with Crippen LogP contribution in [0.25, 0.3) is 10.6 Å². The quantitative estimate of drug-likeness (QED) is 0.863. The van der Waals surface area contributed by atoms with E-state index in [0.717, 1.165) is 19.5 Å². The van der Waals surface area contributed by atoms with Gasteiger partial charge in [-0.2, -0.15) is 5.10 Å². The van der Waals surface area contributed by atoms with Crippen LogP contribution in [0.5, 0.6) is 0 Å². The zero-order valence-corrected chi connectivity index (χ0v) is 10.5. The zero-order chi connectivity index (χ0) is 11.4. The lowest BCUT2D eigenvalue weighted by atomic mass is 10.2. The van der Waals surface area contributed by atoms with E-state index in [4.69, 9.17) is 0 Å². The first kappa shape index (κ1) is 11.4. The van der Waals surface area contributed by atoms with E-state index in [1.165, 1.54) is 16.1 Å². The minimum atomic E-state index is 0.929. The molecule has 0 aliphatic heterocycles. The molecule has 0 aromatic carbocycles. The summed E-state index contributed by atoms with van der Waals surface area (Å²) in [5, 5.41) is 9.72. The van der Waals surface area contributed by atoms with Crippen LogP contribution in [-0.4, -0.2) is 16.8 Å². The molecule has 4 heteroatoms. The van der Waals surface area contributed by atoms with Crippen molar-refractivity contribution in [3.05, 3.63) is 29.3 Å². The highest BCUT2D eigenvalue weighted by Crippen LogP contribution is 2.27. The van der Waals surface area contributed by atoms with Crippen LogP contribution in [0.1, 0.15) is 18.9 Å². The molecule has 0 aliphatic rings. The Morgan fingerprint density at radius 3 is 3.12 bits per heavy atom. The molecule has 1 N–H and O–H groups in total. The second-order valence-corrected chi connectivity index (χ2v) is 4.70. The van der Waals surface area contributed by atoms with Crippen LogP contribution >= 0.6 is 11.3 Å². The largest absolute Gasteiger partial charge is 0.316 e. The minimum Gasteiger partial charge on any atom is -0.316 e. The highest BCUT2D eigenvalue weighted by molar-refractivity contribution is 7.13. The van der Waals surface area contributed by atoms with Gasteiger partial charge in [0, 0.05) is 19.3 Å². The van der Waals surface area contributed by atoms with Gasteiger partial charge in [0.15, 0.2) is 0 Å². The molecule has 2 heterocycles. The van der Waals surface area contributed by atoms with Crippen LogP contribution < -0.4 is 5.32 Å². The number of nitrogens with zero attached hydrogens (tertiary/aromatic N) is 2. The Morgan fingerprint density at radius 1 is 1.50 bits per heavy atom. The van der Waals surface area contributed by atoms with E-state index in [2.05, 4.69) is 39.5 Å².